The Labute approximate surface area is 96.6 Å². The van der Waals surface area contributed by atoms with Gasteiger partial charge in [0.1, 0.15) is 5.76 Å². The van der Waals surface area contributed by atoms with Gasteiger partial charge in [0.25, 0.3) is 0 Å². The van der Waals surface area contributed by atoms with Crippen LogP contribution in [-0.2, 0) is 19.1 Å². The van der Waals surface area contributed by atoms with E-state index in [-0.39, 0.29) is 18.5 Å². The third-order valence-electron chi connectivity index (χ3n) is 1.81. The highest BCUT2D eigenvalue weighted by Crippen LogP contribution is 2.04. The molecule has 4 heteroatoms. The van der Waals surface area contributed by atoms with Gasteiger partial charge in [-0.2, -0.15) is 0 Å². The molecule has 0 aromatic rings. The van der Waals surface area contributed by atoms with Gasteiger partial charge in [0.2, 0.25) is 0 Å². The summed E-state index contributed by atoms with van der Waals surface area (Å²) in [6.45, 7) is 7.61. The zero-order valence-corrected chi connectivity index (χ0v) is 10.1. The summed E-state index contributed by atoms with van der Waals surface area (Å²) in [4.78, 5) is 22.1. The lowest BCUT2D eigenvalue weighted by atomic mass is 10.3. The molecule has 0 unspecified atom stereocenters. The first kappa shape index (κ1) is 14.7. The van der Waals surface area contributed by atoms with E-state index >= 15 is 0 Å². The largest absolute Gasteiger partial charge is 0.465 e. The van der Waals surface area contributed by atoms with Crippen molar-refractivity contribution in [3.8, 4) is 0 Å². The smallest absolute Gasteiger partial charge is 0.310 e. The van der Waals surface area contributed by atoms with Crippen LogP contribution in [0.15, 0.2) is 12.3 Å². The van der Waals surface area contributed by atoms with Crippen LogP contribution in [0, 0.1) is 0 Å². The number of rotatable bonds is 8. The predicted molar refractivity (Wildman–Crippen MR) is 60.6 cm³/mol. The van der Waals surface area contributed by atoms with Gasteiger partial charge in [-0.25, -0.2) is 0 Å². The lowest BCUT2D eigenvalue weighted by molar-refractivity contribution is -0.144. The number of hydrogen-bond acceptors (Lipinski definition) is 4. The molecule has 0 rings (SSSR count). The Morgan fingerprint density at radius 3 is 2.12 bits per heavy atom. The van der Waals surface area contributed by atoms with Crippen molar-refractivity contribution in [3.05, 3.63) is 12.3 Å². The summed E-state index contributed by atoms with van der Waals surface area (Å²) in [6.07, 6.45) is 2.69. The molecule has 0 radical (unpaired) electrons. The van der Waals surface area contributed by atoms with E-state index in [0.29, 0.717) is 25.0 Å². The van der Waals surface area contributed by atoms with Crippen LogP contribution in [0.1, 0.15) is 46.0 Å². The van der Waals surface area contributed by atoms with Gasteiger partial charge in [0.15, 0.2) is 0 Å². The van der Waals surface area contributed by atoms with Crippen molar-refractivity contribution in [1.29, 1.82) is 0 Å². The van der Waals surface area contributed by atoms with Crippen molar-refractivity contribution in [2.24, 2.45) is 0 Å². The summed E-state index contributed by atoms with van der Waals surface area (Å²) in [5.41, 5.74) is 0. The molecule has 4 nitrogen and oxygen atoms in total. The standard InChI is InChI=1S/C12H20O4/c1-4-6-11(13)15-9-8-10(3)16-12(14)7-5-2/h3-9H2,1-2H3. The Morgan fingerprint density at radius 1 is 1.00 bits per heavy atom. The molecule has 0 fully saturated rings. The Bertz CT molecular complexity index is 245. The van der Waals surface area contributed by atoms with Crippen molar-refractivity contribution in [3.63, 3.8) is 0 Å². The zero-order valence-electron chi connectivity index (χ0n) is 10.1. The number of hydrogen-bond donors (Lipinski definition) is 0. The molecule has 0 saturated carbocycles. The number of carbonyl (C=O) groups is 2. The lowest BCUT2D eigenvalue weighted by Crippen LogP contribution is -2.08. The maximum absolute atomic E-state index is 11.1. The third kappa shape index (κ3) is 8.03. The van der Waals surface area contributed by atoms with Crippen molar-refractivity contribution in [2.75, 3.05) is 6.61 Å². The molecular weight excluding hydrogens is 208 g/mol. The van der Waals surface area contributed by atoms with Crippen LogP contribution < -0.4 is 0 Å². The van der Waals surface area contributed by atoms with Crippen molar-refractivity contribution >= 4 is 11.9 Å². The Balaban J connectivity index is 3.58. The molecule has 0 aromatic heterocycles. The van der Waals surface area contributed by atoms with Crippen LogP contribution in [0.25, 0.3) is 0 Å². The van der Waals surface area contributed by atoms with Crippen LogP contribution >= 0.6 is 0 Å². The van der Waals surface area contributed by atoms with Crippen LogP contribution in [0.2, 0.25) is 0 Å². The van der Waals surface area contributed by atoms with E-state index in [1.54, 1.807) is 0 Å². The number of ether oxygens (including phenoxy) is 2. The predicted octanol–water partition coefficient (Wildman–Crippen LogP) is 2.58. The average molecular weight is 228 g/mol. The summed E-state index contributed by atoms with van der Waals surface area (Å²) in [6, 6.07) is 0. The van der Waals surface area contributed by atoms with Gasteiger partial charge in [-0.1, -0.05) is 20.4 Å². The normalized spacial score (nSPS) is 9.62. The molecule has 0 aliphatic carbocycles. The van der Waals surface area contributed by atoms with Crippen LogP contribution in [0.4, 0.5) is 0 Å². The maximum atomic E-state index is 11.1. The molecule has 0 aliphatic rings. The summed E-state index contributed by atoms with van der Waals surface area (Å²) in [7, 11) is 0. The van der Waals surface area contributed by atoms with Crippen molar-refractivity contribution in [2.45, 2.75) is 46.0 Å². The molecule has 0 aromatic carbocycles. The molecule has 0 N–H and O–H groups in total. The fourth-order valence-corrected chi connectivity index (χ4v) is 1.02. The van der Waals surface area contributed by atoms with E-state index in [1.165, 1.54) is 0 Å². The highest BCUT2D eigenvalue weighted by atomic mass is 16.5. The van der Waals surface area contributed by atoms with Gasteiger partial charge in [-0.05, 0) is 12.8 Å². The van der Waals surface area contributed by atoms with Crippen LogP contribution in [0.3, 0.4) is 0 Å². The fraction of sp³-hybridized carbons (Fsp3) is 0.667. The SMILES string of the molecule is C=C(CCOC(=O)CCC)OC(=O)CCC. The number of carbonyl (C=O) groups excluding carboxylic acids is 2. The van der Waals surface area contributed by atoms with Gasteiger partial charge in [-0.15, -0.1) is 0 Å². The molecule has 0 bridgehead atoms. The molecule has 0 saturated heterocycles. The monoisotopic (exact) mass is 228 g/mol. The van der Waals surface area contributed by atoms with Crippen LogP contribution in [0.5, 0.6) is 0 Å². The molecule has 0 heterocycles. The van der Waals surface area contributed by atoms with E-state index in [0.717, 1.165) is 12.8 Å². The minimum Gasteiger partial charge on any atom is -0.465 e. The number of esters is 2. The molecular formula is C12H20O4. The zero-order chi connectivity index (χ0) is 12.4. The van der Waals surface area contributed by atoms with Gasteiger partial charge in [0.05, 0.1) is 6.61 Å². The first-order valence-corrected chi connectivity index (χ1v) is 5.64. The summed E-state index contributed by atoms with van der Waals surface area (Å²) in [5, 5.41) is 0. The van der Waals surface area contributed by atoms with E-state index in [4.69, 9.17) is 9.47 Å². The minimum absolute atomic E-state index is 0.219. The molecule has 0 spiro atoms. The van der Waals surface area contributed by atoms with E-state index in [2.05, 4.69) is 6.58 Å². The molecule has 0 aliphatic heterocycles. The topological polar surface area (TPSA) is 52.6 Å². The second kappa shape index (κ2) is 8.95. The van der Waals surface area contributed by atoms with Gasteiger partial charge in [-0.3, -0.25) is 9.59 Å². The highest BCUT2D eigenvalue weighted by molar-refractivity contribution is 5.70. The van der Waals surface area contributed by atoms with Crippen molar-refractivity contribution < 1.29 is 19.1 Å². The Hall–Kier alpha value is -1.32. The third-order valence-corrected chi connectivity index (χ3v) is 1.81. The summed E-state index contributed by atoms with van der Waals surface area (Å²) in [5.74, 6) is -0.162. The second-order valence-corrected chi connectivity index (χ2v) is 3.48. The Morgan fingerprint density at radius 2 is 1.56 bits per heavy atom. The first-order valence-electron chi connectivity index (χ1n) is 5.64. The molecule has 0 atom stereocenters. The van der Waals surface area contributed by atoms with Gasteiger partial charge < -0.3 is 9.47 Å². The first-order chi connectivity index (χ1) is 7.60. The molecule has 16 heavy (non-hydrogen) atoms. The van der Waals surface area contributed by atoms with Crippen LogP contribution in [-0.4, -0.2) is 18.5 Å². The van der Waals surface area contributed by atoms with E-state index in [1.807, 2.05) is 13.8 Å². The van der Waals surface area contributed by atoms with Crippen molar-refractivity contribution in [1.82, 2.24) is 0 Å². The second-order valence-electron chi connectivity index (χ2n) is 3.48. The summed E-state index contributed by atoms with van der Waals surface area (Å²) >= 11 is 0. The highest BCUT2D eigenvalue weighted by Gasteiger charge is 2.05. The van der Waals surface area contributed by atoms with E-state index in [9.17, 15) is 9.59 Å². The average Bonchev–Trinajstić information content (AvgIpc) is 2.18. The summed E-state index contributed by atoms with van der Waals surface area (Å²) < 4.78 is 9.81. The van der Waals surface area contributed by atoms with E-state index < -0.39 is 0 Å². The quantitative estimate of drug-likeness (QED) is 0.473. The fourth-order valence-electron chi connectivity index (χ4n) is 1.02. The Kier molecular flexibility index (Phi) is 8.21. The molecule has 0 amide bonds. The molecule has 92 valence electrons. The van der Waals surface area contributed by atoms with Gasteiger partial charge in [0, 0.05) is 19.3 Å². The maximum Gasteiger partial charge on any atom is 0.310 e. The minimum atomic E-state index is -0.285. The van der Waals surface area contributed by atoms with Gasteiger partial charge >= 0.3 is 11.9 Å². The lowest BCUT2D eigenvalue weighted by Gasteiger charge is -2.07.